The van der Waals surface area contributed by atoms with Crippen molar-refractivity contribution in [1.29, 1.82) is 0 Å². The van der Waals surface area contributed by atoms with E-state index in [2.05, 4.69) is 35.6 Å². The molecule has 4 N–H and O–H groups in total. The van der Waals surface area contributed by atoms with Crippen molar-refractivity contribution >= 4 is 23.1 Å². The number of thiophene rings is 1. The van der Waals surface area contributed by atoms with Gasteiger partial charge in [-0.3, -0.25) is 4.79 Å². The number of carbonyl (C=O) groups is 1. The van der Waals surface area contributed by atoms with E-state index >= 15 is 0 Å². The van der Waals surface area contributed by atoms with Crippen LogP contribution in [0.2, 0.25) is 0 Å². The highest BCUT2D eigenvalue weighted by Crippen LogP contribution is 2.26. The van der Waals surface area contributed by atoms with Gasteiger partial charge in [0.05, 0.1) is 11.6 Å². The Morgan fingerprint density at radius 3 is 2.80 bits per heavy atom. The van der Waals surface area contributed by atoms with E-state index < -0.39 is 0 Å². The first-order valence-electron chi connectivity index (χ1n) is 6.32. The number of nitrogens with two attached hydrogens (primary N) is 1. The maximum absolute atomic E-state index is 12.3. The number of carbonyl (C=O) groups excluding carboxylic acids is 1. The third-order valence-electron chi connectivity index (χ3n) is 3.08. The lowest BCUT2D eigenvalue weighted by Gasteiger charge is -2.15. The molecule has 2 rings (SSSR count). The fourth-order valence-electron chi connectivity index (χ4n) is 2.14. The molecule has 0 bridgehead atoms. The van der Waals surface area contributed by atoms with Crippen LogP contribution in [0.5, 0.6) is 0 Å². The summed E-state index contributed by atoms with van der Waals surface area (Å²) in [5, 5.41) is 2.97. The van der Waals surface area contributed by atoms with Gasteiger partial charge in [-0.05, 0) is 44.5 Å². The van der Waals surface area contributed by atoms with Gasteiger partial charge in [0.2, 0.25) is 0 Å². The summed E-state index contributed by atoms with van der Waals surface area (Å²) in [6, 6.07) is 5.45. The first kappa shape index (κ1) is 14.5. The van der Waals surface area contributed by atoms with E-state index in [0.717, 1.165) is 5.56 Å². The third kappa shape index (κ3) is 2.97. The molecule has 1 atom stereocenters. The van der Waals surface area contributed by atoms with Crippen molar-refractivity contribution in [2.24, 2.45) is 5.84 Å². The lowest BCUT2D eigenvalue weighted by atomic mass is 10.1. The zero-order valence-electron chi connectivity index (χ0n) is 11.7. The topological polar surface area (TPSA) is 80.0 Å². The highest BCUT2D eigenvalue weighted by atomic mass is 32.1. The number of aromatic nitrogens is 1. The van der Waals surface area contributed by atoms with E-state index in [1.165, 1.54) is 9.75 Å². The number of nitrogen functional groups attached to an aromatic ring is 1. The standard InChI is InChI=1S/C14H18N4OS/c1-8-7-12(10(3)20-8)9(2)17-14(19)11-5-4-6-16-13(11)18-15/h4-7,9H,15H2,1-3H3,(H,16,18)(H,17,19). The second-order valence-corrected chi connectivity index (χ2v) is 6.07. The molecule has 5 nitrogen and oxygen atoms in total. The molecule has 2 aromatic rings. The van der Waals surface area contributed by atoms with Gasteiger partial charge in [-0.2, -0.15) is 0 Å². The number of hydrogen-bond acceptors (Lipinski definition) is 5. The normalized spacial score (nSPS) is 12.0. The average Bonchev–Trinajstić information content (AvgIpc) is 2.77. The molecule has 0 spiro atoms. The molecule has 0 aliphatic heterocycles. The van der Waals surface area contributed by atoms with Gasteiger partial charge in [-0.25, -0.2) is 10.8 Å². The van der Waals surface area contributed by atoms with Gasteiger partial charge in [0.15, 0.2) is 5.82 Å². The molecule has 1 amide bonds. The Hall–Kier alpha value is -1.92. The number of nitrogens with one attached hydrogen (secondary N) is 2. The number of rotatable bonds is 4. The second kappa shape index (κ2) is 6.02. The van der Waals surface area contributed by atoms with Gasteiger partial charge in [0.1, 0.15) is 0 Å². The summed E-state index contributed by atoms with van der Waals surface area (Å²) < 4.78 is 0. The van der Waals surface area contributed by atoms with Gasteiger partial charge in [-0.1, -0.05) is 0 Å². The SMILES string of the molecule is Cc1cc(C(C)NC(=O)c2cccnc2NN)c(C)s1. The average molecular weight is 290 g/mol. The number of amides is 1. The number of hydrogen-bond donors (Lipinski definition) is 3. The fraction of sp³-hybridized carbons (Fsp3) is 0.286. The monoisotopic (exact) mass is 290 g/mol. The number of nitrogens with zero attached hydrogens (tertiary/aromatic N) is 1. The molecule has 106 valence electrons. The van der Waals surface area contributed by atoms with Crippen molar-refractivity contribution in [3.63, 3.8) is 0 Å². The molecule has 0 aliphatic rings. The van der Waals surface area contributed by atoms with Crippen molar-refractivity contribution < 1.29 is 4.79 Å². The highest BCUT2D eigenvalue weighted by Gasteiger charge is 2.17. The Kier molecular flexibility index (Phi) is 4.36. The van der Waals surface area contributed by atoms with Gasteiger partial charge >= 0.3 is 0 Å². The number of aryl methyl sites for hydroxylation is 2. The highest BCUT2D eigenvalue weighted by molar-refractivity contribution is 7.12. The minimum absolute atomic E-state index is 0.0571. The Morgan fingerprint density at radius 2 is 2.20 bits per heavy atom. The number of anilines is 1. The summed E-state index contributed by atoms with van der Waals surface area (Å²) in [5.74, 6) is 5.54. The van der Waals surface area contributed by atoms with E-state index in [0.29, 0.717) is 11.4 Å². The van der Waals surface area contributed by atoms with Crippen molar-refractivity contribution in [3.8, 4) is 0 Å². The van der Waals surface area contributed by atoms with Crippen molar-refractivity contribution in [1.82, 2.24) is 10.3 Å². The Bertz CT molecular complexity index is 623. The Labute approximate surface area is 122 Å². The van der Waals surface area contributed by atoms with Crippen molar-refractivity contribution in [2.45, 2.75) is 26.8 Å². The van der Waals surface area contributed by atoms with Gasteiger partial charge in [-0.15, -0.1) is 11.3 Å². The quantitative estimate of drug-likeness (QED) is 0.597. The summed E-state index contributed by atoms with van der Waals surface area (Å²) >= 11 is 1.73. The van der Waals surface area contributed by atoms with E-state index in [1.54, 1.807) is 29.7 Å². The van der Waals surface area contributed by atoms with E-state index in [4.69, 9.17) is 5.84 Å². The smallest absolute Gasteiger partial charge is 0.255 e. The van der Waals surface area contributed by atoms with E-state index in [9.17, 15) is 4.79 Å². The van der Waals surface area contributed by atoms with Crippen LogP contribution >= 0.6 is 11.3 Å². The largest absolute Gasteiger partial charge is 0.345 e. The van der Waals surface area contributed by atoms with Crippen LogP contribution in [0.1, 0.15) is 38.6 Å². The predicted molar refractivity (Wildman–Crippen MR) is 81.7 cm³/mol. The van der Waals surface area contributed by atoms with Crippen molar-refractivity contribution in [3.05, 3.63) is 45.3 Å². The molecule has 0 saturated heterocycles. The van der Waals surface area contributed by atoms with Crippen LogP contribution in [-0.4, -0.2) is 10.9 Å². The molecule has 0 saturated carbocycles. The molecule has 0 fully saturated rings. The maximum atomic E-state index is 12.3. The molecule has 20 heavy (non-hydrogen) atoms. The minimum atomic E-state index is -0.193. The number of hydrazine groups is 1. The van der Waals surface area contributed by atoms with Crippen LogP contribution in [-0.2, 0) is 0 Å². The van der Waals surface area contributed by atoms with E-state index in [-0.39, 0.29) is 11.9 Å². The summed E-state index contributed by atoms with van der Waals surface area (Å²) in [6.07, 6.45) is 1.59. The second-order valence-electron chi connectivity index (χ2n) is 4.61. The molecule has 1 unspecified atom stereocenters. The van der Waals surface area contributed by atoms with Gasteiger partial charge in [0, 0.05) is 16.0 Å². The van der Waals surface area contributed by atoms with Crippen LogP contribution in [0.15, 0.2) is 24.4 Å². The van der Waals surface area contributed by atoms with Crippen LogP contribution in [0.4, 0.5) is 5.82 Å². The molecule has 6 heteroatoms. The summed E-state index contributed by atoms with van der Waals surface area (Å²) in [5.41, 5.74) is 4.02. The zero-order valence-corrected chi connectivity index (χ0v) is 12.5. The van der Waals surface area contributed by atoms with Gasteiger partial charge in [0.25, 0.3) is 5.91 Å². The zero-order chi connectivity index (χ0) is 14.7. The van der Waals surface area contributed by atoms with Crippen LogP contribution in [0.25, 0.3) is 0 Å². The first-order chi connectivity index (χ1) is 9.52. The Balaban J connectivity index is 2.17. The molecule has 2 heterocycles. The summed E-state index contributed by atoms with van der Waals surface area (Å²) in [6.45, 7) is 6.10. The molecule has 0 aromatic carbocycles. The molecule has 0 aliphatic carbocycles. The third-order valence-corrected chi connectivity index (χ3v) is 4.06. The van der Waals surface area contributed by atoms with Crippen LogP contribution in [0.3, 0.4) is 0 Å². The van der Waals surface area contributed by atoms with Crippen LogP contribution in [0, 0.1) is 13.8 Å². The Morgan fingerprint density at radius 1 is 1.45 bits per heavy atom. The lowest BCUT2D eigenvalue weighted by molar-refractivity contribution is 0.0940. The van der Waals surface area contributed by atoms with Gasteiger partial charge < -0.3 is 10.7 Å². The summed E-state index contributed by atoms with van der Waals surface area (Å²) in [4.78, 5) is 18.8. The van der Waals surface area contributed by atoms with Crippen LogP contribution < -0.4 is 16.6 Å². The first-order valence-corrected chi connectivity index (χ1v) is 7.14. The summed E-state index contributed by atoms with van der Waals surface area (Å²) in [7, 11) is 0. The molecular formula is C14H18N4OS. The maximum Gasteiger partial charge on any atom is 0.255 e. The van der Waals surface area contributed by atoms with Crippen molar-refractivity contribution in [2.75, 3.05) is 5.43 Å². The molecule has 0 radical (unpaired) electrons. The molecule has 2 aromatic heterocycles. The lowest BCUT2D eigenvalue weighted by Crippen LogP contribution is -2.28. The minimum Gasteiger partial charge on any atom is -0.345 e. The predicted octanol–water partition coefficient (Wildman–Crippen LogP) is 2.54. The van der Waals surface area contributed by atoms with E-state index in [1.807, 2.05) is 6.92 Å². The molecular weight excluding hydrogens is 272 g/mol. The fourth-order valence-corrected chi connectivity index (χ4v) is 3.16. The number of pyridine rings is 1.